The minimum Gasteiger partial charge on any atom is -0.493 e. The van der Waals surface area contributed by atoms with Crippen molar-refractivity contribution in [1.29, 1.82) is 0 Å². The number of hydrogen-bond donors (Lipinski definition) is 1. The van der Waals surface area contributed by atoms with Crippen LogP contribution in [0.3, 0.4) is 0 Å². The molecular weight excluding hydrogens is 534 g/mol. The van der Waals surface area contributed by atoms with Crippen molar-refractivity contribution in [3.8, 4) is 11.5 Å². The molecule has 5 nitrogen and oxygen atoms in total. The number of nitrogens with zero attached hydrogens (tertiary/aromatic N) is 1. The number of benzene rings is 3. The van der Waals surface area contributed by atoms with Crippen LogP contribution in [0.5, 0.6) is 11.5 Å². The molecule has 0 amide bonds. The van der Waals surface area contributed by atoms with Crippen molar-refractivity contribution in [3.05, 3.63) is 95.6 Å². The van der Waals surface area contributed by atoms with E-state index in [0.29, 0.717) is 17.9 Å². The van der Waals surface area contributed by atoms with Crippen molar-refractivity contribution in [3.63, 3.8) is 0 Å². The molecule has 1 heterocycles. The second-order valence-electron chi connectivity index (χ2n) is 11.4. The summed E-state index contributed by atoms with van der Waals surface area (Å²) in [5.74, 6) is 2.97. The minimum absolute atomic E-state index is 0.250. The van der Waals surface area contributed by atoms with Crippen LogP contribution in [0.2, 0.25) is 0 Å². The molecular formula is C38H57NO4. The van der Waals surface area contributed by atoms with Crippen molar-refractivity contribution >= 4 is 6.47 Å². The Kier molecular flexibility index (Phi) is 20.3. The van der Waals surface area contributed by atoms with Gasteiger partial charge in [-0.1, -0.05) is 120 Å². The Balaban J connectivity index is 0.000000477. The van der Waals surface area contributed by atoms with Gasteiger partial charge in [0, 0.05) is 25.6 Å². The normalized spacial score (nSPS) is 17.4. The Morgan fingerprint density at radius 1 is 0.837 bits per heavy atom. The zero-order chi connectivity index (χ0) is 31.9. The first-order valence-corrected chi connectivity index (χ1v) is 16.1. The summed E-state index contributed by atoms with van der Waals surface area (Å²) in [6.07, 6.45) is 7.74. The van der Waals surface area contributed by atoms with Crippen LogP contribution in [0.15, 0.2) is 78.9 Å². The quantitative estimate of drug-likeness (QED) is 0.289. The molecule has 1 saturated heterocycles. The van der Waals surface area contributed by atoms with Gasteiger partial charge in [0.2, 0.25) is 0 Å². The summed E-state index contributed by atoms with van der Waals surface area (Å²) < 4.78 is 11.9. The Bertz CT molecular complexity index is 1080. The summed E-state index contributed by atoms with van der Waals surface area (Å²) in [5.41, 5.74) is 4.10. The van der Waals surface area contributed by atoms with Crippen LogP contribution < -0.4 is 9.47 Å². The maximum atomic E-state index is 8.36. The van der Waals surface area contributed by atoms with E-state index in [9.17, 15) is 0 Å². The Morgan fingerprint density at radius 2 is 1.37 bits per heavy atom. The van der Waals surface area contributed by atoms with Gasteiger partial charge in [0.1, 0.15) is 0 Å². The average Bonchev–Trinajstić information content (AvgIpc) is 3.65. The van der Waals surface area contributed by atoms with Gasteiger partial charge in [0.15, 0.2) is 11.5 Å². The van der Waals surface area contributed by atoms with Gasteiger partial charge < -0.3 is 14.6 Å². The van der Waals surface area contributed by atoms with E-state index in [4.69, 9.17) is 19.4 Å². The molecule has 2 atom stereocenters. The highest BCUT2D eigenvalue weighted by atomic mass is 16.5. The van der Waals surface area contributed by atoms with E-state index in [1.807, 2.05) is 18.2 Å². The van der Waals surface area contributed by atoms with Crippen molar-refractivity contribution < 1.29 is 19.4 Å². The van der Waals surface area contributed by atoms with Gasteiger partial charge in [-0.05, 0) is 61.8 Å². The second-order valence-corrected chi connectivity index (χ2v) is 11.4. The number of hydrogen-bond acceptors (Lipinski definition) is 4. The lowest BCUT2D eigenvalue weighted by molar-refractivity contribution is -0.122. The van der Waals surface area contributed by atoms with Crippen molar-refractivity contribution in [2.24, 2.45) is 5.92 Å². The van der Waals surface area contributed by atoms with Gasteiger partial charge in [-0.3, -0.25) is 9.69 Å². The summed E-state index contributed by atoms with van der Waals surface area (Å²) in [5, 5.41) is 6.89. The van der Waals surface area contributed by atoms with E-state index < -0.39 is 0 Å². The van der Waals surface area contributed by atoms with Crippen LogP contribution in [0.4, 0.5) is 0 Å². The van der Waals surface area contributed by atoms with Gasteiger partial charge in [-0.25, -0.2) is 0 Å². The molecule has 2 unspecified atom stereocenters. The molecule has 2 aliphatic rings. The molecule has 5 heteroatoms. The predicted molar refractivity (Wildman–Crippen MR) is 181 cm³/mol. The topological polar surface area (TPSA) is 59.0 Å². The van der Waals surface area contributed by atoms with Crippen LogP contribution in [0.1, 0.15) is 95.8 Å². The molecule has 5 rings (SSSR count). The molecule has 0 spiro atoms. The maximum absolute atomic E-state index is 8.36. The zero-order valence-electron chi connectivity index (χ0n) is 27.8. The molecule has 3 aromatic carbocycles. The fourth-order valence-electron chi connectivity index (χ4n) is 5.21. The van der Waals surface area contributed by atoms with Gasteiger partial charge >= 0.3 is 0 Å². The highest BCUT2D eigenvalue weighted by molar-refractivity contribution is 5.44. The van der Waals surface area contributed by atoms with Crippen molar-refractivity contribution in [2.45, 2.75) is 98.6 Å². The Hall–Kier alpha value is -3.31. The van der Waals surface area contributed by atoms with E-state index in [1.54, 1.807) is 7.11 Å². The van der Waals surface area contributed by atoms with E-state index in [1.165, 1.54) is 42.4 Å². The molecule has 2 fully saturated rings. The van der Waals surface area contributed by atoms with Gasteiger partial charge in [-0.15, -0.1) is 0 Å². The second kappa shape index (κ2) is 23.2. The third kappa shape index (κ3) is 15.1. The summed E-state index contributed by atoms with van der Waals surface area (Å²) in [6, 6.07) is 27.6. The van der Waals surface area contributed by atoms with E-state index >= 15 is 0 Å². The monoisotopic (exact) mass is 591 g/mol. The number of methoxy groups -OCH3 is 1. The molecule has 0 bridgehead atoms. The first-order valence-electron chi connectivity index (χ1n) is 16.1. The Labute approximate surface area is 262 Å². The maximum Gasteiger partial charge on any atom is 0.290 e. The lowest BCUT2D eigenvalue weighted by Gasteiger charge is -2.20. The number of likely N-dealkylation sites (tertiary alicyclic amines) is 1. The van der Waals surface area contributed by atoms with Crippen LogP contribution in [0, 0.1) is 12.8 Å². The predicted octanol–water partition coefficient (Wildman–Crippen LogP) is 9.78. The van der Waals surface area contributed by atoms with Crippen LogP contribution in [-0.4, -0.2) is 42.8 Å². The first-order chi connectivity index (χ1) is 20.9. The third-order valence-electron chi connectivity index (χ3n) is 7.09. The molecule has 3 aromatic rings. The van der Waals surface area contributed by atoms with Crippen LogP contribution in [0.25, 0.3) is 0 Å². The average molecular weight is 592 g/mol. The molecule has 0 radical (unpaired) electrons. The lowest BCUT2D eigenvalue weighted by Crippen LogP contribution is -2.20. The van der Waals surface area contributed by atoms with Gasteiger partial charge in [0.05, 0.1) is 13.2 Å². The highest BCUT2D eigenvalue weighted by Gasteiger charge is 2.31. The SMILES string of the molecule is CCC.CCC.COc1ccc(C2CN(Cc3ccccc3)CC2C)cc1OC1CCCC1.Cc1ccccc1.O=CO. The third-order valence-corrected chi connectivity index (χ3v) is 7.09. The lowest BCUT2D eigenvalue weighted by atomic mass is 9.90. The molecule has 238 valence electrons. The van der Waals surface area contributed by atoms with Crippen LogP contribution >= 0.6 is 0 Å². The molecule has 1 N–H and O–H groups in total. The summed E-state index contributed by atoms with van der Waals surface area (Å²) in [4.78, 5) is 10.9. The van der Waals surface area contributed by atoms with E-state index in [-0.39, 0.29) is 6.47 Å². The first kappa shape index (κ1) is 37.7. The largest absolute Gasteiger partial charge is 0.493 e. The number of aryl methyl sites for hydroxylation is 1. The fraction of sp³-hybridized carbons (Fsp3) is 0.500. The standard InChI is InChI=1S/C24H31NO2.C7H8.2C3H8.CH2O2/c1-18-15-25(16-19-8-4-3-5-9-19)17-22(18)20-12-13-23(26-2)24(14-20)27-21-10-6-7-11-21;1-7-5-3-2-4-6-7;2*1-3-2;2-1-3/h3-5,8-9,12-14,18,21-22H,6-7,10-11,15-17H2,1-2H3;2-6H,1H3;2*3H2,1-2H3;1H,(H,2,3). The molecule has 43 heavy (non-hydrogen) atoms. The molecule has 1 aliphatic carbocycles. The summed E-state index contributed by atoms with van der Waals surface area (Å²) >= 11 is 0. The van der Waals surface area contributed by atoms with Gasteiger partial charge in [-0.2, -0.15) is 0 Å². The summed E-state index contributed by atoms with van der Waals surface area (Å²) in [7, 11) is 1.73. The van der Waals surface area contributed by atoms with E-state index in [0.717, 1.165) is 44.0 Å². The molecule has 1 aliphatic heterocycles. The number of rotatable bonds is 6. The van der Waals surface area contributed by atoms with Crippen molar-refractivity contribution in [1.82, 2.24) is 4.90 Å². The number of carbonyl (C=O) groups is 1. The molecule has 1 saturated carbocycles. The fourth-order valence-corrected chi connectivity index (χ4v) is 5.21. The minimum atomic E-state index is -0.250. The number of carboxylic acid groups (broad SMARTS) is 1. The highest BCUT2D eigenvalue weighted by Crippen LogP contribution is 2.39. The number of ether oxygens (including phenoxy) is 2. The van der Waals surface area contributed by atoms with Crippen molar-refractivity contribution in [2.75, 3.05) is 20.2 Å². The Morgan fingerprint density at radius 3 is 1.86 bits per heavy atom. The molecule has 0 aromatic heterocycles. The van der Waals surface area contributed by atoms with Crippen LogP contribution in [-0.2, 0) is 11.3 Å². The zero-order valence-corrected chi connectivity index (χ0v) is 27.8. The summed E-state index contributed by atoms with van der Waals surface area (Å²) in [6.45, 7) is 16.0. The smallest absolute Gasteiger partial charge is 0.290 e. The van der Waals surface area contributed by atoms with Gasteiger partial charge in [0.25, 0.3) is 6.47 Å². The van der Waals surface area contributed by atoms with E-state index in [2.05, 4.69) is 107 Å².